The molecule has 0 aromatic heterocycles. The highest BCUT2D eigenvalue weighted by Crippen LogP contribution is 2.47. The van der Waals surface area contributed by atoms with E-state index in [4.69, 9.17) is 4.55 Å². The normalized spacial score (nSPS) is 26.5. The molecule has 1 heterocycles. The molecule has 1 saturated heterocycles. The van der Waals surface area contributed by atoms with Gasteiger partial charge in [0.25, 0.3) is 10.1 Å². The average molecular weight is 470 g/mol. The molecule has 0 aliphatic carbocycles. The molecule has 3 N–H and O–H groups in total. The van der Waals surface area contributed by atoms with Gasteiger partial charge in [0.1, 0.15) is 0 Å². The number of rotatable bonds is 7. The van der Waals surface area contributed by atoms with Crippen LogP contribution in [-0.4, -0.2) is 69.8 Å². The summed E-state index contributed by atoms with van der Waals surface area (Å²) in [5.41, 5.74) is 0. The minimum Gasteiger partial charge on any atom is -1.00 e. The number of quaternary nitrogens is 1. The molecule has 1 rings (SSSR count). The number of thioether (sulfide) groups is 1. The summed E-state index contributed by atoms with van der Waals surface area (Å²) < 4.78 is 43.7. The van der Waals surface area contributed by atoms with Crippen LogP contribution in [0.5, 0.6) is 0 Å². The zero-order chi connectivity index (χ0) is 17.9. The standard InChI is InChI=1S/C12H24NO7PS2.BrH/c1-10(14)22-7-6-13(2)5-3-4-11(9-13)8-12(21(15,16)17)23(18,19)20;/h11-12H,3-9H2,1-2H3,(H2-,15,16,17,18,19,20);1H. The molecule has 1 aliphatic heterocycles. The first-order valence-electron chi connectivity index (χ1n) is 7.32. The average Bonchev–Trinajstić information content (AvgIpc) is 2.32. The lowest BCUT2D eigenvalue weighted by Gasteiger charge is -2.42. The van der Waals surface area contributed by atoms with Crippen molar-refractivity contribution in [2.45, 2.75) is 31.2 Å². The zero-order valence-corrected chi connectivity index (χ0v) is 17.8. The van der Waals surface area contributed by atoms with E-state index in [0.717, 1.165) is 19.5 Å². The molecular weight excluding hydrogens is 445 g/mol. The molecule has 3 unspecified atom stereocenters. The fourth-order valence-electron chi connectivity index (χ4n) is 3.09. The second kappa shape index (κ2) is 9.45. The van der Waals surface area contributed by atoms with Gasteiger partial charge in [-0.15, -0.1) is 0 Å². The first-order valence-corrected chi connectivity index (χ1v) is 11.5. The lowest BCUT2D eigenvalue weighted by atomic mass is 9.94. The Morgan fingerprint density at radius 1 is 1.42 bits per heavy atom. The van der Waals surface area contributed by atoms with Crippen LogP contribution < -0.4 is 17.0 Å². The van der Waals surface area contributed by atoms with Crippen molar-refractivity contribution in [3.63, 3.8) is 0 Å². The van der Waals surface area contributed by atoms with Gasteiger partial charge >= 0.3 is 7.60 Å². The highest BCUT2D eigenvalue weighted by Gasteiger charge is 2.43. The van der Waals surface area contributed by atoms with Gasteiger partial charge in [-0.05, 0) is 19.3 Å². The van der Waals surface area contributed by atoms with Crippen LogP contribution in [0.25, 0.3) is 0 Å². The van der Waals surface area contributed by atoms with Gasteiger partial charge in [-0.1, -0.05) is 11.8 Å². The maximum atomic E-state index is 11.4. The van der Waals surface area contributed by atoms with E-state index in [1.54, 1.807) is 0 Å². The Kier molecular flexibility index (Phi) is 9.66. The van der Waals surface area contributed by atoms with Gasteiger partial charge in [0.2, 0.25) is 0 Å². The molecule has 0 aromatic rings. The van der Waals surface area contributed by atoms with Crippen LogP contribution in [-0.2, 0) is 19.5 Å². The minimum atomic E-state index is -4.93. The molecule has 8 nitrogen and oxygen atoms in total. The zero-order valence-electron chi connectivity index (χ0n) is 13.7. The number of carbonyl (C=O) groups is 1. The van der Waals surface area contributed by atoms with Crippen molar-refractivity contribution in [1.29, 1.82) is 0 Å². The Morgan fingerprint density at radius 2 is 2.00 bits per heavy atom. The maximum Gasteiger partial charge on any atom is 0.346 e. The SMILES string of the molecule is CC(=O)SCC[N+]1(C)CCCC(CC(P(=O)(O)O)S(=O)(=O)O)C1.[Br-]. The van der Waals surface area contributed by atoms with Gasteiger partial charge in [-0.3, -0.25) is 13.9 Å². The molecule has 0 saturated carbocycles. The third-order valence-corrected chi connectivity index (χ3v) is 8.46. The minimum absolute atomic E-state index is 0. The summed E-state index contributed by atoms with van der Waals surface area (Å²) in [5.74, 6) is 0.453. The van der Waals surface area contributed by atoms with Crippen LogP contribution in [0.3, 0.4) is 0 Å². The first-order chi connectivity index (χ1) is 10.3. The Morgan fingerprint density at radius 3 is 2.46 bits per heavy atom. The third-order valence-electron chi connectivity index (χ3n) is 4.20. The van der Waals surface area contributed by atoms with E-state index in [2.05, 4.69) is 0 Å². The Labute approximate surface area is 157 Å². The van der Waals surface area contributed by atoms with E-state index in [1.165, 1.54) is 18.7 Å². The molecule has 3 atom stereocenters. The van der Waals surface area contributed by atoms with E-state index in [0.29, 0.717) is 23.2 Å². The predicted molar refractivity (Wildman–Crippen MR) is 88.6 cm³/mol. The van der Waals surface area contributed by atoms with Crippen LogP contribution >= 0.6 is 19.4 Å². The topological polar surface area (TPSA) is 129 Å². The van der Waals surface area contributed by atoms with Crippen molar-refractivity contribution in [3.05, 3.63) is 0 Å². The molecule has 0 amide bonds. The predicted octanol–water partition coefficient (Wildman–Crippen LogP) is -2.09. The number of carbonyl (C=O) groups excluding carboxylic acids is 1. The second-order valence-electron chi connectivity index (χ2n) is 6.39. The van der Waals surface area contributed by atoms with Crippen molar-refractivity contribution in [2.75, 3.05) is 32.4 Å². The molecule has 1 fully saturated rings. The molecule has 0 spiro atoms. The maximum absolute atomic E-state index is 11.4. The summed E-state index contributed by atoms with van der Waals surface area (Å²) in [5, 5.41) is 0.0399. The third kappa shape index (κ3) is 8.27. The summed E-state index contributed by atoms with van der Waals surface area (Å²) in [6.45, 7) is 3.68. The van der Waals surface area contributed by atoms with Gasteiger partial charge in [0.05, 0.1) is 32.4 Å². The van der Waals surface area contributed by atoms with Crippen LogP contribution in [0.1, 0.15) is 26.2 Å². The Hall–Kier alpha value is 0.520. The van der Waals surface area contributed by atoms with E-state index in [1.807, 2.05) is 7.05 Å². The molecule has 0 aromatic carbocycles. The lowest BCUT2D eigenvalue weighted by molar-refractivity contribution is -0.915. The molecule has 0 radical (unpaired) electrons. The fraction of sp³-hybridized carbons (Fsp3) is 0.917. The van der Waals surface area contributed by atoms with E-state index in [-0.39, 0.29) is 34.4 Å². The van der Waals surface area contributed by atoms with Gasteiger partial charge in [-0.2, -0.15) is 8.42 Å². The number of piperidine rings is 1. The van der Waals surface area contributed by atoms with Crippen LogP contribution in [0.4, 0.5) is 0 Å². The van der Waals surface area contributed by atoms with E-state index in [9.17, 15) is 27.6 Å². The fourth-order valence-corrected chi connectivity index (χ4v) is 6.39. The van der Waals surface area contributed by atoms with Crippen molar-refractivity contribution >= 4 is 34.6 Å². The van der Waals surface area contributed by atoms with Crippen molar-refractivity contribution in [2.24, 2.45) is 5.92 Å². The first kappa shape index (κ1) is 24.5. The van der Waals surface area contributed by atoms with Gasteiger partial charge < -0.3 is 31.3 Å². The Bertz CT molecular complexity index is 582. The highest BCUT2D eigenvalue weighted by atomic mass is 79.9. The Balaban J connectivity index is 0.00000529. The van der Waals surface area contributed by atoms with Gasteiger partial charge in [0, 0.05) is 12.8 Å². The highest BCUT2D eigenvalue weighted by molar-refractivity contribution is 8.13. The molecule has 0 bridgehead atoms. The number of halogens is 1. The summed E-state index contributed by atoms with van der Waals surface area (Å²) in [4.78, 5) is 27.3. The monoisotopic (exact) mass is 469 g/mol. The van der Waals surface area contributed by atoms with E-state index < -0.39 is 22.7 Å². The molecule has 24 heavy (non-hydrogen) atoms. The van der Waals surface area contributed by atoms with Crippen LogP contribution in [0.15, 0.2) is 0 Å². The summed E-state index contributed by atoms with van der Waals surface area (Å²) in [7, 11) is -7.75. The molecule has 12 heteroatoms. The molecule has 1 aliphatic rings. The number of likely N-dealkylation sites (tertiary alicyclic amines) is 1. The number of hydrogen-bond donors (Lipinski definition) is 3. The van der Waals surface area contributed by atoms with Crippen LogP contribution in [0.2, 0.25) is 0 Å². The molecular formula is C12H25BrNO7PS2. The smallest absolute Gasteiger partial charge is 0.346 e. The van der Waals surface area contributed by atoms with Crippen LogP contribution in [0, 0.1) is 5.92 Å². The van der Waals surface area contributed by atoms with Crippen molar-refractivity contribution in [3.8, 4) is 0 Å². The number of nitrogens with zero attached hydrogens (tertiary/aromatic N) is 1. The number of hydrogen-bond acceptors (Lipinski definition) is 5. The quantitative estimate of drug-likeness (QED) is 0.220. The van der Waals surface area contributed by atoms with Gasteiger partial charge in [-0.25, -0.2) is 0 Å². The lowest BCUT2D eigenvalue weighted by Crippen LogP contribution is -3.00. The second-order valence-corrected chi connectivity index (χ2v) is 11.4. The van der Waals surface area contributed by atoms with Crippen molar-refractivity contribution in [1.82, 2.24) is 0 Å². The van der Waals surface area contributed by atoms with Crippen molar-refractivity contribution < 1.29 is 53.6 Å². The van der Waals surface area contributed by atoms with Gasteiger partial charge in [0.15, 0.2) is 10.1 Å². The summed E-state index contributed by atoms with van der Waals surface area (Å²) in [6, 6.07) is 0. The summed E-state index contributed by atoms with van der Waals surface area (Å²) >= 11 is 1.23. The molecule has 144 valence electrons. The summed E-state index contributed by atoms with van der Waals surface area (Å²) in [6.07, 6.45) is 1.22. The van der Waals surface area contributed by atoms with E-state index >= 15 is 0 Å². The largest absolute Gasteiger partial charge is 1.00 e.